The van der Waals surface area contributed by atoms with Gasteiger partial charge in [-0.05, 0) is 30.7 Å². The van der Waals surface area contributed by atoms with Crippen LogP contribution in [0, 0.1) is 0 Å². The van der Waals surface area contributed by atoms with Crippen LogP contribution >= 0.6 is 22.9 Å². The first-order chi connectivity index (χ1) is 16.4. The summed E-state index contributed by atoms with van der Waals surface area (Å²) < 4.78 is 37.6. The van der Waals surface area contributed by atoms with Crippen molar-refractivity contribution in [1.82, 2.24) is 10.3 Å². The van der Waals surface area contributed by atoms with E-state index in [0.717, 1.165) is 25.3 Å². The van der Waals surface area contributed by atoms with Crippen molar-refractivity contribution in [3.63, 3.8) is 0 Å². The van der Waals surface area contributed by atoms with Gasteiger partial charge in [-0.15, -0.1) is 11.3 Å². The molecule has 2 aliphatic rings. The highest BCUT2D eigenvalue weighted by molar-refractivity contribution is 7.18. The third-order valence-electron chi connectivity index (χ3n) is 5.00. The molecular formula is C21H25ClF3N5O5S. The van der Waals surface area contributed by atoms with E-state index < -0.39 is 24.3 Å². The van der Waals surface area contributed by atoms with Gasteiger partial charge in [0.2, 0.25) is 0 Å². The lowest BCUT2D eigenvalue weighted by atomic mass is 10.3. The Morgan fingerprint density at radius 3 is 2.47 bits per heavy atom. The summed E-state index contributed by atoms with van der Waals surface area (Å²) >= 11 is 7.05. The molecule has 4 N–H and O–H groups in total. The maximum Gasteiger partial charge on any atom is 0.490 e. The third kappa shape index (κ3) is 7.70. The quantitative estimate of drug-likeness (QED) is 0.514. The lowest BCUT2D eigenvalue weighted by Crippen LogP contribution is -2.34. The van der Waals surface area contributed by atoms with Gasteiger partial charge < -0.3 is 25.8 Å². The van der Waals surface area contributed by atoms with Gasteiger partial charge in [-0.3, -0.25) is 9.69 Å². The second kappa shape index (κ2) is 12.2. The zero-order valence-electron chi connectivity index (χ0n) is 18.0. The van der Waals surface area contributed by atoms with Crippen LogP contribution in [0.4, 0.5) is 29.5 Å². The van der Waals surface area contributed by atoms with Crippen LogP contribution in [-0.2, 0) is 9.53 Å². The molecule has 0 bridgehead atoms. The molecule has 0 aliphatic carbocycles. The van der Waals surface area contributed by atoms with Crippen LogP contribution in [0.3, 0.4) is 0 Å². The number of aromatic nitrogens is 1. The van der Waals surface area contributed by atoms with E-state index in [1.165, 1.54) is 16.2 Å². The summed E-state index contributed by atoms with van der Waals surface area (Å²) in [5, 5.41) is 9.90. The standard InChI is InChI=1S/C18H20ClN5O3S.C2HF3O2.CH4/c19-15-3-2-14(28-15)17(25)22-8-13-10-24(18(26)27-13)12-1-4-16(21-7-12)23-6-5-11(20)9-23;3-2(4,5)1(6)7;/h1-4,7,11,13H,5-6,8-10,20H2,(H,22,25);(H,6,7);1H4/t11?,13-;;/m0../s1. The number of carboxylic acids is 1. The highest BCUT2D eigenvalue weighted by Crippen LogP contribution is 2.25. The van der Waals surface area contributed by atoms with Crippen LogP contribution < -0.4 is 20.9 Å². The number of carbonyl (C=O) groups is 3. The summed E-state index contributed by atoms with van der Waals surface area (Å²) in [5.41, 5.74) is 6.60. The predicted octanol–water partition coefficient (Wildman–Crippen LogP) is 3.36. The predicted molar refractivity (Wildman–Crippen MR) is 129 cm³/mol. The fourth-order valence-electron chi connectivity index (χ4n) is 3.29. The van der Waals surface area contributed by atoms with Crippen LogP contribution in [0.1, 0.15) is 23.5 Å². The van der Waals surface area contributed by atoms with Crippen LogP contribution in [-0.4, -0.2) is 72.6 Å². The highest BCUT2D eigenvalue weighted by atomic mass is 35.5. The fourth-order valence-corrected chi connectivity index (χ4v) is 4.25. The second-order valence-electron chi connectivity index (χ2n) is 7.60. The number of halogens is 4. The molecule has 2 aromatic rings. The normalized spacial score (nSPS) is 19.2. The van der Waals surface area contributed by atoms with E-state index in [0.29, 0.717) is 21.4 Å². The minimum Gasteiger partial charge on any atom is -0.475 e. The highest BCUT2D eigenvalue weighted by Gasteiger charge is 2.38. The molecule has 0 aromatic carbocycles. The summed E-state index contributed by atoms with van der Waals surface area (Å²) in [5.74, 6) is -2.14. The van der Waals surface area contributed by atoms with Crippen molar-refractivity contribution in [3.05, 3.63) is 39.7 Å². The number of anilines is 2. The second-order valence-corrected chi connectivity index (χ2v) is 9.32. The Morgan fingerprint density at radius 1 is 1.28 bits per heavy atom. The van der Waals surface area contributed by atoms with Gasteiger partial charge in [0.15, 0.2) is 0 Å². The van der Waals surface area contributed by atoms with Gasteiger partial charge in [0, 0.05) is 19.1 Å². The van der Waals surface area contributed by atoms with Gasteiger partial charge >= 0.3 is 18.2 Å². The molecule has 2 amide bonds. The van der Waals surface area contributed by atoms with E-state index in [1.807, 2.05) is 12.1 Å². The van der Waals surface area contributed by atoms with Crippen molar-refractivity contribution in [3.8, 4) is 0 Å². The number of hydrogen-bond acceptors (Lipinski definition) is 8. The Labute approximate surface area is 213 Å². The number of aliphatic carboxylic acids is 1. The van der Waals surface area contributed by atoms with Gasteiger partial charge in [0.25, 0.3) is 5.91 Å². The molecule has 2 fully saturated rings. The number of nitrogens with zero attached hydrogens (tertiary/aromatic N) is 3. The number of carboxylic acid groups (broad SMARTS) is 1. The van der Waals surface area contributed by atoms with Gasteiger partial charge in [-0.2, -0.15) is 13.2 Å². The number of cyclic esters (lactones) is 1. The van der Waals surface area contributed by atoms with E-state index >= 15 is 0 Å². The van der Waals surface area contributed by atoms with Crippen molar-refractivity contribution < 1.29 is 37.4 Å². The molecular weight excluding hydrogens is 527 g/mol. The molecule has 4 rings (SSSR count). The largest absolute Gasteiger partial charge is 0.490 e. The van der Waals surface area contributed by atoms with Crippen molar-refractivity contribution in [2.75, 3.05) is 36.0 Å². The Balaban J connectivity index is 0.000000503. The van der Waals surface area contributed by atoms with E-state index in [9.17, 15) is 22.8 Å². The van der Waals surface area contributed by atoms with Crippen LogP contribution in [0.5, 0.6) is 0 Å². The van der Waals surface area contributed by atoms with Crippen LogP contribution in [0.2, 0.25) is 4.34 Å². The molecule has 2 atom stereocenters. The Morgan fingerprint density at radius 2 is 1.97 bits per heavy atom. The van der Waals surface area contributed by atoms with Gasteiger partial charge in [0.05, 0.1) is 34.2 Å². The maximum atomic E-state index is 12.2. The number of nitrogens with two attached hydrogens (primary N) is 1. The SMILES string of the molecule is C.NC1CCN(c2ccc(N3C[C@H](CNC(=O)c4ccc(Cl)s4)OC3=O)cn2)C1.O=C(O)C(F)(F)F. The first-order valence-corrected chi connectivity index (χ1v) is 11.4. The van der Waals surface area contributed by atoms with E-state index in [-0.39, 0.29) is 25.9 Å². The number of pyridine rings is 1. The minimum atomic E-state index is -5.08. The zero-order chi connectivity index (χ0) is 25.8. The average Bonchev–Trinajstić information content (AvgIpc) is 3.52. The zero-order valence-corrected chi connectivity index (χ0v) is 19.6. The molecule has 2 aromatic heterocycles. The Bertz CT molecular complexity index is 1070. The van der Waals surface area contributed by atoms with Crippen molar-refractivity contribution in [1.29, 1.82) is 0 Å². The topological polar surface area (TPSA) is 138 Å². The molecule has 198 valence electrons. The summed E-state index contributed by atoms with van der Waals surface area (Å²) in [6.07, 6.45) is -3.35. The third-order valence-corrected chi connectivity index (χ3v) is 6.23. The summed E-state index contributed by atoms with van der Waals surface area (Å²) in [6.45, 7) is 2.25. The average molecular weight is 552 g/mol. The Kier molecular flexibility index (Phi) is 9.90. The number of thiophene rings is 1. The summed E-state index contributed by atoms with van der Waals surface area (Å²) in [7, 11) is 0. The molecule has 15 heteroatoms. The number of ether oxygens (including phenoxy) is 1. The molecule has 10 nitrogen and oxygen atoms in total. The molecule has 1 unspecified atom stereocenters. The molecule has 0 spiro atoms. The van der Waals surface area contributed by atoms with Crippen LogP contribution in [0.25, 0.3) is 0 Å². The van der Waals surface area contributed by atoms with Crippen LogP contribution in [0.15, 0.2) is 30.5 Å². The Hall–Kier alpha value is -3.10. The van der Waals surface area contributed by atoms with Gasteiger partial charge in [-0.1, -0.05) is 19.0 Å². The number of carbonyl (C=O) groups excluding carboxylic acids is 2. The molecule has 0 saturated carbocycles. The minimum absolute atomic E-state index is 0. The smallest absolute Gasteiger partial charge is 0.475 e. The van der Waals surface area contributed by atoms with Gasteiger partial charge in [-0.25, -0.2) is 14.6 Å². The number of rotatable bonds is 5. The summed E-state index contributed by atoms with van der Waals surface area (Å²) in [6, 6.07) is 7.25. The number of alkyl halides is 3. The summed E-state index contributed by atoms with van der Waals surface area (Å²) in [4.78, 5) is 41.8. The first kappa shape index (κ1) is 29.1. The van der Waals surface area contributed by atoms with E-state index in [4.69, 9.17) is 32.0 Å². The molecule has 2 aliphatic heterocycles. The van der Waals surface area contributed by atoms with Crippen molar-refractivity contribution >= 4 is 52.4 Å². The molecule has 4 heterocycles. The fraction of sp³-hybridized carbons (Fsp3) is 0.429. The first-order valence-electron chi connectivity index (χ1n) is 10.2. The molecule has 36 heavy (non-hydrogen) atoms. The number of hydrogen-bond donors (Lipinski definition) is 3. The molecule has 2 saturated heterocycles. The number of amides is 2. The molecule has 0 radical (unpaired) electrons. The lowest BCUT2D eigenvalue weighted by molar-refractivity contribution is -0.192. The van der Waals surface area contributed by atoms with E-state index in [1.54, 1.807) is 18.3 Å². The number of nitrogens with one attached hydrogen (secondary N) is 1. The monoisotopic (exact) mass is 551 g/mol. The van der Waals surface area contributed by atoms with Crippen molar-refractivity contribution in [2.24, 2.45) is 5.73 Å². The van der Waals surface area contributed by atoms with E-state index in [2.05, 4.69) is 15.2 Å². The lowest BCUT2D eigenvalue weighted by Gasteiger charge is -2.18. The van der Waals surface area contributed by atoms with Crippen molar-refractivity contribution in [2.45, 2.75) is 32.2 Å². The maximum absolute atomic E-state index is 12.2. The van der Waals surface area contributed by atoms with Gasteiger partial charge in [0.1, 0.15) is 11.9 Å².